The van der Waals surface area contributed by atoms with Crippen LogP contribution in [0.5, 0.6) is 5.75 Å². The minimum absolute atomic E-state index is 0.132. The Labute approximate surface area is 206 Å². The van der Waals surface area contributed by atoms with E-state index in [4.69, 9.17) is 9.47 Å². The summed E-state index contributed by atoms with van der Waals surface area (Å²) in [5.74, 6) is 0.782. The zero-order chi connectivity index (χ0) is 24.7. The summed E-state index contributed by atoms with van der Waals surface area (Å²) in [5, 5.41) is 0. The van der Waals surface area contributed by atoms with Crippen molar-refractivity contribution < 1.29 is 22.7 Å². The Hall–Kier alpha value is -1.76. The van der Waals surface area contributed by atoms with E-state index in [9.17, 15) is 13.2 Å². The van der Waals surface area contributed by atoms with Crippen LogP contribution in [0.15, 0.2) is 24.3 Å². The molecule has 0 bridgehead atoms. The van der Waals surface area contributed by atoms with Gasteiger partial charge in [-0.3, -0.25) is 0 Å². The molecule has 34 heavy (non-hydrogen) atoms. The molecule has 1 unspecified atom stereocenters. The minimum atomic E-state index is -2.91. The fraction of sp³-hybridized carbons (Fsp3) is 0.741. The summed E-state index contributed by atoms with van der Waals surface area (Å²) >= 11 is 0. The monoisotopic (exact) mass is 493 g/mol. The van der Waals surface area contributed by atoms with Crippen LogP contribution in [0.4, 0.5) is 5.69 Å². The average molecular weight is 494 g/mol. The normalized spacial score (nSPS) is 24.0. The van der Waals surface area contributed by atoms with Gasteiger partial charge in [0.2, 0.25) is 5.60 Å². The van der Waals surface area contributed by atoms with E-state index in [1.54, 1.807) is 0 Å². The minimum Gasteiger partial charge on any atom is -0.476 e. The van der Waals surface area contributed by atoms with Gasteiger partial charge in [-0.05, 0) is 37.1 Å². The Kier molecular flexibility index (Phi) is 9.30. The molecule has 192 valence electrons. The highest BCUT2D eigenvalue weighted by molar-refractivity contribution is 7.91. The molecule has 2 heterocycles. The summed E-state index contributed by atoms with van der Waals surface area (Å²) in [6.07, 6.45) is 11.0. The summed E-state index contributed by atoms with van der Waals surface area (Å²) in [7, 11) is -2.91. The van der Waals surface area contributed by atoms with Gasteiger partial charge >= 0.3 is 5.97 Å². The smallest absolute Gasteiger partial charge is 0.350 e. The molecular weight excluding hydrogens is 450 g/mol. The molecular formula is C27H43NO5S. The van der Waals surface area contributed by atoms with E-state index in [1.807, 2.05) is 24.3 Å². The number of sulfone groups is 1. The Morgan fingerprint density at radius 1 is 0.941 bits per heavy atom. The van der Waals surface area contributed by atoms with E-state index in [0.29, 0.717) is 38.3 Å². The molecule has 1 aromatic carbocycles. The first-order valence-electron chi connectivity index (χ1n) is 13.1. The largest absolute Gasteiger partial charge is 0.476 e. The van der Waals surface area contributed by atoms with Crippen LogP contribution in [0.2, 0.25) is 0 Å². The standard InChI is InChI=1S/C27H43NO5S/c1-4-5-6-7-8-9-10-11-16-27(21-26(2,3)22-32-25(27)29)33-24-14-12-23(13-15-24)28-17-19-34(30,31)20-18-28/h12-15H,4-11,16-22H2,1-3H3. The van der Waals surface area contributed by atoms with Crippen molar-refractivity contribution in [1.82, 2.24) is 0 Å². The lowest BCUT2D eigenvalue weighted by atomic mass is 9.76. The Morgan fingerprint density at radius 3 is 2.15 bits per heavy atom. The summed E-state index contributed by atoms with van der Waals surface area (Å²) in [6, 6.07) is 7.69. The number of anilines is 1. The number of esters is 1. The van der Waals surface area contributed by atoms with Crippen molar-refractivity contribution >= 4 is 21.5 Å². The second-order valence-electron chi connectivity index (χ2n) is 10.9. The number of unbranched alkanes of at least 4 members (excludes halogenated alkanes) is 7. The molecule has 7 heteroatoms. The molecule has 1 aromatic rings. The number of hydrogen-bond acceptors (Lipinski definition) is 6. The first-order chi connectivity index (χ1) is 16.1. The van der Waals surface area contributed by atoms with Crippen LogP contribution in [0.25, 0.3) is 0 Å². The zero-order valence-electron chi connectivity index (χ0n) is 21.3. The SMILES string of the molecule is CCCCCCCCCCC1(Oc2ccc(N3CCS(=O)(=O)CC3)cc2)CC(C)(C)COC1=O. The lowest BCUT2D eigenvalue weighted by molar-refractivity contribution is -0.182. The van der Waals surface area contributed by atoms with E-state index in [-0.39, 0.29) is 22.9 Å². The molecule has 0 aliphatic carbocycles. The van der Waals surface area contributed by atoms with Crippen LogP contribution in [0.1, 0.15) is 85.0 Å². The molecule has 2 saturated heterocycles. The number of carbonyl (C=O) groups is 1. The van der Waals surface area contributed by atoms with Gasteiger partial charge in [-0.15, -0.1) is 0 Å². The molecule has 0 spiro atoms. The molecule has 6 nitrogen and oxygen atoms in total. The number of benzene rings is 1. The molecule has 0 N–H and O–H groups in total. The third kappa shape index (κ3) is 7.62. The van der Waals surface area contributed by atoms with E-state index in [2.05, 4.69) is 25.7 Å². The molecule has 0 aromatic heterocycles. The van der Waals surface area contributed by atoms with Crippen LogP contribution in [-0.2, 0) is 19.4 Å². The van der Waals surface area contributed by atoms with Gasteiger partial charge in [0.15, 0.2) is 9.84 Å². The van der Waals surface area contributed by atoms with E-state index < -0.39 is 15.4 Å². The highest BCUT2D eigenvalue weighted by Crippen LogP contribution is 2.40. The van der Waals surface area contributed by atoms with Gasteiger partial charge in [0.05, 0.1) is 18.1 Å². The number of rotatable bonds is 12. The Bertz CT molecular complexity index is 882. The van der Waals surface area contributed by atoms with Crippen LogP contribution in [0.3, 0.4) is 0 Å². The fourth-order valence-corrected chi connectivity index (χ4v) is 6.27. The quantitative estimate of drug-likeness (QED) is 0.281. The topological polar surface area (TPSA) is 72.9 Å². The lowest BCUT2D eigenvalue weighted by Crippen LogP contribution is -2.54. The van der Waals surface area contributed by atoms with Gasteiger partial charge < -0.3 is 14.4 Å². The van der Waals surface area contributed by atoms with Crippen LogP contribution < -0.4 is 9.64 Å². The van der Waals surface area contributed by atoms with Crippen molar-refractivity contribution in [2.24, 2.45) is 5.41 Å². The van der Waals surface area contributed by atoms with E-state index in [1.165, 1.54) is 38.5 Å². The summed E-state index contributed by atoms with van der Waals surface area (Å²) in [5.41, 5.74) is -0.108. The first-order valence-corrected chi connectivity index (χ1v) is 14.9. The molecule has 0 amide bonds. The average Bonchev–Trinajstić information content (AvgIpc) is 2.79. The fourth-order valence-electron chi connectivity index (χ4n) is 5.07. The van der Waals surface area contributed by atoms with E-state index in [0.717, 1.165) is 18.5 Å². The Balaban J connectivity index is 1.62. The summed E-state index contributed by atoms with van der Waals surface area (Å²) in [6.45, 7) is 7.91. The third-order valence-electron chi connectivity index (χ3n) is 7.02. The molecule has 2 fully saturated rings. The maximum atomic E-state index is 13.0. The maximum Gasteiger partial charge on any atom is 0.350 e. The van der Waals surface area contributed by atoms with Gasteiger partial charge in [-0.1, -0.05) is 65.7 Å². The summed E-state index contributed by atoms with van der Waals surface area (Å²) in [4.78, 5) is 15.1. The number of cyclic esters (lactones) is 1. The molecule has 2 aliphatic heterocycles. The van der Waals surface area contributed by atoms with Crippen molar-refractivity contribution in [3.05, 3.63) is 24.3 Å². The Morgan fingerprint density at radius 2 is 1.53 bits per heavy atom. The predicted molar refractivity (Wildman–Crippen MR) is 137 cm³/mol. The van der Waals surface area contributed by atoms with Gasteiger partial charge in [-0.25, -0.2) is 13.2 Å². The summed E-state index contributed by atoms with van der Waals surface area (Å²) < 4.78 is 35.5. The molecule has 2 aliphatic rings. The first kappa shape index (κ1) is 26.8. The number of carbonyl (C=O) groups excluding carboxylic acids is 1. The van der Waals surface area contributed by atoms with Crippen molar-refractivity contribution in [1.29, 1.82) is 0 Å². The maximum absolute atomic E-state index is 13.0. The van der Waals surface area contributed by atoms with Crippen molar-refractivity contribution in [3.8, 4) is 5.75 Å². The van der Waals surface area contributed by atoms with E-state index >= 15 is 0 Å². The van der Waals surface area contributed by atoms with Gasteiger partial charge in [0.25, 0.3) is 0 Å². The lowest BCUT2D eigenvalue weighted by Gasteiger charge is -2.42. The predicted octanol–water partition coefficient (Wildman–Crippen LogP) is 5.54. The van der Waals surface area contributed by atoms with Gasteiger partial charge in [-0.2, -0.15) is 0 Å². The van der Waals surface area contributed by atoms with Crippen molar-refractivity contribution in [2.75, 3.05) is 36.1 Å². The van der Waals surface area contributed by atoms with Gasteiger partial charge in [0, 0.05) is 30.6 Å². The number of ether oxygens (including phenoxy) is 2. The zero-order valence-corrected chi connectivity index (χ0v) is 22.1. The second-order valence-corrected chi connectivity index (χ2v) is 13.2. The highest BCUT2D eigenvalue weighted by atomic mass is 32.2. The molecule has 1 atom stereocenters. The second kappa shape index (κ2) is 11.8. The number of hydrogen-bond donors (Lipinski definition) is 0. The molecule has 0 saturated carbocycles. The van der Waals surface area contributed by atoms with Crippen molar-refractivity contribution in [3.63, 3.8) is 0 Å². The van der Waals surface area contributed by atoms with Crippen LogP contribution in [-0.4, -0.2) is 51.2 Å². The molecule has 3 rings (SSSR count). The third-order valence-corrected chi connectivity index (χ3v) is 8.63. The molecule has 0 radical (unpaired) electrons. The number of nitrogens with zero attached hydrogens (tertiary/aromatic N) is 1. The van der Waals surface area contributed by atoms with Crippen LogP contribution >= 0.6 is 0 Å². The van der Waals surface area contributed by atoms with Crippen molar-refractivity contribution in [2.45, 2.75) is 90.6 Å². The highest BCUT2D eigenvalue weighted by Gasteiger charge is 2.50. The van der Waals surface area contributed by atoms with Gasteiger partial charge in [0.1, 0.15) is 5.75 Å². The van der Waals surface area contributed by atoms with Crippen LogP contribution in [0, 0.1) is 5.41 Å².